The highest BCUT2D eigenvalue weighted by molar-refractivity contribution is 6.12. The summed E-state index contributed by atoms with van der Waals surface area (Å²) >= 11 is 0. The normalized spacial score (nSPS) is 15.7. The zero-order valence-electron chi connectivity index (χ0n) is 24.2. The molecule has 0 aromatic heterocycles. The number of benzene rings is 3. The van der Waals surface area contributed by atoms with E-state index in [9.17, 15) is 64.1 Å². The molecule has 3 aromatic carbocycles. The Hall–Kier alpha value is -6.35. The summed E-state index contributed by atoms with van der Waals surface area (Å²) in [6.07, 6.45) is -6.19. The van der Waals surface area contributed by atoms with Gasteiger partial charge in [0.15, 0.2) is 69.8 Å². The molecule has 0 N–H and O–H groups in total. The van der Waals surface area contributed by atoms with Crippen LogP contribution in [-0.4, -0.2) is 0 Å². The van der Waals surface area contributed by atoms with Gasteiger partial charge in [-0.2, -0.15) is 34.2 Å². The molecule has 1 aliphatic rings. The predicted octanol–water partition coefficient (Wildman–Crippen LogP) is 9.60. The van der Waals surface area contributed by atoms with Gasteiger partial charge in [-0.25, -0.2) is 61.5 Å². The molecule has 1 aliphatic carbocycles. The van der Waals surface area contributed by atoms with E-state index in [1.807, 2.05) is 0 Å². The van der Waals surface area contributed by atoms with Gasteiger partial charge < -0.3 is 0 Å². The van der Waals surface area contributed by atoms with Gasteiger partial charge in [-0.05, 0) is 0 Å². The Labute approximate surface area is 276 Å². The summed E-state index contributed by atoms with van der Waals surface area (Å²) in [7, 11) is 0. The van der Waals surface area contributed by atoms with E-state index in [0.717, 1.165) is 18.2 Å². The van der Waals surface area contributed by atoms with Crippen molar-refractivity contribution in [3.8, 4) is 24.3 Å². The van der Waals surface area contributed by atoms with E-state index in [-0.39, 0.29) is 6.92 Å². The molecule has 0 bridgehead atoms. The molecule has 21 heteroatoms. The molecule has 1 fully saturated rings. The van der Waals surface area contributed by atoms with Gasteiger partial charge in [0.1, 0.15) is 35.4 Å². The quantitative estimate of drug-likeness (QED) is 0.151. The first kappa shape index (κ1) is 38.5. The molecular weight excluding hydrogens is 751 g/mol. The Balaban J connectivity index is 2.38. The van der Waals surface area contributed by atoms with Crippen molar-refractivity contribution in [2.24, 2.45) is 0 Å². The van der Waals surface area contributed by atoms with Crippen molar-refractivity contribution in [1.82, 2.24) is 0 Å². The summed E-state index contributed by atoms with van der Waals surface area (Å²) in [6, 6.07) is 3.01. The van der Waals surface area contributed by atoms with Gasteiger partial charge in [0, 0.05) is 23.6 Å². The number of nitrogens with zero attached hydrogens (tertiary/aromatic N) is 4. The number of nitriles is 4. The Morgan fingerprint density at radius 3 is 0.865 bits per heavy atom. The molecule has 0 radical (unpaired) electrons. The van der Waals surface area contributed by atoms with Crippen LogP contribution in [0.25, 0.3) is 16.7 Å². The highest BCUT2D eigenvalue weighted by Crippen LogP contribution is 2.58. The number of allylic oxidation sites excluding steroid dienone is 6. The molecule has 0 atom stereocenters. The lowest BCUT2D eigenvalue weighted by Gasteiger charge is -2.16. The van der Waals surface area contributed by atoms with E-state index < -0.39 is 149 Å². The first-order chi connectivity index (χ1) is 24.0. The van der Waals surface area contributed by atoms with E-state index in [1.54, 1.807) is 0 Å². The van der Waals surface area contributed by atoms with Crippen LogP contribution in [0.3, 0.4) is 0 Å². The highest BCUT2D eigenvalue weighted by atomic mass is 19.4. The van der Waals surface area contributed by atoms with Gasteiger partial charge in [0.25, 0.3) is 5.92 Å². The summed E-state index contributed by atoms with van der Waals surface area (Å²) in [6.45, 7) is -0.262. The zero-order valence-corrected chi connectivity index (χ0v) is 24.2. The van der Waals surface area contributed by atoms with Crippen LogP contribution < -0.4 is 0 Å². The minimum Gasteiger partial charge on any atom is -0.203 e. The van der Waals surface area contributed by atoms with Gasteiger partial charge in [0.05, 0.1) is 39.0 Å². The van der Waals surface area contributed by atoms with Gasteiger partial charge in [0.2, 0.25) is 0 Å². The average molecular weight is 754 g/mol. The largest absolute Gasteiger partial charge is 0.422 e. The van der Waals surface area contributed by atoms with Crippen LogP contribution in [0.1, 0.15) is 40.3 Å². The lowest BCUT2D eigenvalue weighted by Crippen LogP contribution is -2.18. The van der Waals surface area contributed by atoms with Crippen molar-refractivity contribution < 1.29 is 74.6 Å². The fourth-order valence-electron chi connectivity index (χ4n) is 4.93. The third-order valence-corrected chi connectivity index (χ3v) is 7.15. The number of alkyl halides is 5. The molecule has 0 heterocycles. The second-order valence-electron chi connectivity index (χ2n) is 10.1. The van der Waals surface area contributed by atoms with E-state index in [2.05, 4.69) is 0 Å². The summed E-state index contributed by atoms with van der Waals surface area (Å²) in [5, 5.41) is 38.1. The molecular formula is C31H3F17N4. The minimum absolute atomic E-state index is 0.262. The maximum absolute atomic E-state index is 15.2. The topological polar surface area (TPSA) is 95.2 Å². The summed E-state index contributed by atoms with van der Waals surface area (Å²) < 4.78 is 245. The fourth-order valence-corrected chi connectivity index (χ4v) is 4.93. The van der Waals surface area contributed by atoms with Crippen molar-refractivity contribution in [2.45, 2.75) is 19.0 Å². The van der Waals surface area contributed by atoms with Crippen molar-refractivity contribution in [1.29, 1.82) is 21.0 Å². The Morgan fingerprint density at radius 1 is 0.404 bits per heavy atom. The fraction of sp³-hybridized carbons (Fsp3) is 0.0968. The second kappa shape index (κ2) is 12.8. The number of hydrogen-bond acceptors (Lipinski definition) is 4. The number of hydrogen-bond donors (Lipinski definition) is 0. The van der Waals surface area contributed by atoms with Crippen molar-refractivity contribution in [3.05, 3.63) is 120 Å². The van der Waals surface area contributed by atoms with Crippen LogP contribution in [-0.2, 0) is 12.1 Å². The van der Waals surface area contributed by atoms with Gasteiger partial charge in [-0.1, -0.05) is 0 Å². The molecule has 3 aromatic rings. The maximum Gasteiger partial charge on any atom is 0.422 e. The van der Waals surface area contributed by atoms with Crippen LogP contribution in [0.4, 0.5) is 74.6 Å². The molecule has 1 saturated carbocycles. The Bertz CT molecular complexity index is 2230. The van der Waals surface area contributed by atoms with E-state index >= 15 is 26.3 Å². The molecule has 0 spiro atoms. The summed E-state index contributed by atoms with van der Waals surface area (Å²) in [5.74, 6) is -39.5. The first-order valence-corrected chi connectivity index (χ1v) is 12.9. The van der Waals surface area contributed by atoms with E-state index in [1.165, 1.54) is 0 Å². The van der Waals surface area contributed by atoms with Crippen LogP contribution in [0, 0.1) is 115 Å². The lowest BCUT2D eigenvalue weighted by atomic mass is 9.97. The summed E-state index contributed by atoms with van der Waals surface area (Å²) in [4.78, 5) is 0. The predicted molar refractivity (Wildman–Crippen MR) is 136 cm³/mol. The van der Waals surface area contributed by atoms with E-state index in [0.29, 0.717) is 6.07 Å². The third-order valence-electron chi connectivity index (χ3n) is 7.15. The molecule has 0 amide bonds. The standard InChI is InChI=1S/C31H3F17N4/c1-30(44,45)16-26(40)22(36)14(23(37)27(16)41)7(3-50)11-10(6(2-49)13-20(34)18(32)9(5-52)19(33)21(13)35)12(11)8(4-51)15-24(38)28(42)17(31(46,47)48)29(43)25(15)39/h1H3/b10-6?,11-7-,12-8+. The molecule has 52 heavy (non-hydrogen) atoms. The SMILES string of the molecule is CC(F)(F)c1c(F)c(F)c(/C(C#N)=C2/C(=C(C#N)c3c(F)c(F)c(C#N)c(F)c3F)/C2=C(/C#N)c2c(F)c(F)c(C(F)(F)F)c(F)c2F)c(F)c1F. The lowest BCUT2D eigenvalue weighted by molar-refractivity contribution is -0.143. The minimum atomic E-state index is -6.19. The number of rotatable bonds is 4. The van der Waals surface area contributed by atoms with E-state index in [4.69, 9.17) is 5.26 Å². The molecule has 0 unspecified atom stereocenters. The highest BCUT2D eigenvalue weighted by Gasteiger charge is 2.48. The average Bonchev–Trinajstić information content (AvgIpc) is 3.77. The molecule has 0 saturated heterocycles. The summed E-state index contributed by atoms with van der Waals surface area (Å²) in [5.41, 5.74) is -26.1. The molecule has 0 aliphatic heterocycles. The monoisotopic (exact) mass is 754 g/mol. The molecule has 4 rings (SSSR count). The number of halogens is 17. The smallest absolute Gasteiger partial charge is 0.203 e. The molecule has 266 valence electrons. The Kier molecular flexibility index (Phi) is 9.44. The van der Waals surface area contributed by atoms with Crippen molar-refractivity contribution >= 4 is 16.7 Å². The van der Waals surface area contributed by atoms with Gasteiger partial charge >= 0.3 is 6.18 Å². The van der Waals surface area contributed by atoms with Crippen LogP contribution >= 0.6 is 0 Å². The third kappa shape index (κ3) is 5.55. The van der Waals surface area contributed by atoms with Crippen LogP contribution in [0.5, 0.6) is 0 Å². The van der Waals surface area contributed by atoms with Crippen molar-refractivity contribution in [2.75, 3.05) is 0 Å². The van der Waals surface area contributed by atoms with Gasteiger partial charge in [-0.3, -0.25) is 0 Å². The van der Waals surface area contributed by atoms with Crippen LogP contribution in [0.2, 0.25) is 0 Å². The zero-order chi connectivity index (χ0) is 39.7. The van der Waals surface area contributed by atoms with Crippen LogP contribution in [0.15, 0.2) is 16.7 Å². The molecule has 4 nitrogen and oxygen atoms in total. The second-order valence-corrected chi connectivity index (χ2v) is 10.1. The first-order valence-electron chi connectivity index (χ1n) is 12.9. The van der Waals surface area contributed by atoms with Gasteiger partial charge in [-0.15, -0.1) is 0 Å². The van der Waals surface area contributed by atoms with Crippen molar-refractivity contribution in [3.63, 3.8) is 0 Å². The Morgan fingerprint density at radius 2 is 0.654 bits per heavy atom. The maximum atomic E-state index is 15.2.